The average Bonchev–Trinajstić information content (AvgIpc) is 2.83. The fourth-order valence-electron chi connectivity index (χ4n) is 2.36. The Morgan fingerprint density at radius 2 is 2.10 bits per heavy atom. The molecule has 0 aliphatic carbocycles. The maximum Gasteiger partial charge on any atom is 0.222 e. The minimum atomic E-state index is 0.138. The first kappa shape index (κ1) is 16.4. The van der Waals surface area contributed by atoms with E-state index in [4.69, 9.17) is 0 Å². The van der Waals surface area contributed by atoms with Gasteiger partial charge in [0.2, 0.25) is 5.91 Å². The summed E-state index contributed by atoms with van der Waals surface area (Å²) < 4.78 is 0. The molecular weight excluding hydrogens is 302 g/mol. The summed E-state index contributed by atoms with van der Waals surface area (Å²) in [6, 6.07) is 10.4. The third-order valence-corrected chi connectivity index (χ3v) is 5.49. The summed E-state index contributed by atoms with van der Waals surface area (Å²) in [5.41, 5.74) is 1.32. The molecular formula is C16H21NO2S2. The Balaban J connectivity index is 1.64. The third kappa shape index (κ3) is 5.75. The molecule has 0 radical (unpaired) electrons. The Hall–Kier alpha value is -0.940. The molecule has 0 spiro atoms. The van der Waals surface area contributed by atoms with Crippen LogP contribution in [0.5, 0.6) is 0 Å². The molecule has 1 saturated heterocycles. The number of thioether (sulfide) groups is 2. The molecule has 0 N–H and O–H groups in total. The standard InChI is InChI=1S/C16H21NO2S2/c1-13(18)21-12-15-9-16(19)17(10-15)7-8-20-11-14-5-3-2-4-6-14/h2-6,15H,7-12H2,1H3. The minimum Gasteiger partial charge on any atom is -0.342 e. The lowest BCUT2D eigenvalue weighted by atomic mass is 10.1. The summed E-state index contributed by atoms with van der Waals surface area (Å²) in [4.78, 5) is 24.8. The van der Waals surface area contributed by atoms with Gasteiger partial charge in [-0.3, -0.25) is 9.59 Å². The first-order valence-electron chi connectivity index (χ1n) is 7.18. The van der Waals surface area contributed by atoms with Crippen LogP contribution in [-0.4, -0.2) is 40.5 Å². The topological polar surface area (TPSA) is 37.4 Å². The number of hydrogen-bond donors (Lipinski definition) is 0. The van der Waals surface area contributed by atoms with E-state index in [2.05, 4.69) is 24.3 Å². The first-order valence-corrected chi connectivity index (χ1v) is 9.32. The van der Waals surface area contributed by atoms with E-state index in [1.165, 1.54) is 17.3 Å². The van der Waals surface area contributed by atoms with E-state index in [1.54, 1.807) is 6.92 Å². The molecule has 1 aromatic rings. The Morgan fingerprint density at radius 1 is 1.33 bits per heavy atom. The van der Waals surface area contributed by atoms with E-state index >= 15 is 0 Å². The smallest absolute Gasteiger partial charge is 0.222 e. The summed E-state index contributed by atoms with van der Waals surface area (Å²) in [6.07, 6.45) is 0.601. The number of rotatable bonds is 7. The number of hydrogen-bond acceptors (Lipinski definition) is 4. The van der Waals surface area contributed by atoms with Gasteiger partial charge in [0, 0.05) is 43.7 Å². The SMILES string of the molecule is CC(=O)SCC1CC(=O)N(CCSCc2ccccc2)C1. The molecule has 1 unspecified atom stereocenters. The zero-order valence-electron chi connectivity index (χ0n) is 12.3. The maximum absolute atomic E-state index is 11.9. The lowest BCUT2D eigenvalue weighted by Crippen LogP contribution is -2.27. The first-order chi connectivity index (χ1) is 10.1. The van der Waals surface area contributed by atoms with Crippen LogP contribution in [0.1, 0.15) is 18.9 Å². The third-order valence-electron chi connectivity index (χ3n) is 3.43. The summed E-state index contributed by atoms with van der Waals surface area (Å²) in [5.74, 6) is 3.31. The van der Waals surface area contributed by atoms with Crippen LogP contribution in [0.3, 0.4) is 0 Å². The van der Waals surface area contributed by atoms with Gasteiger partial charge in [0.05, 0.1) is 0 Å². The summed E-state index contributed by atoms with van der Waals surface area (Å²) in [7, 11) is 0. The molecule has 1 aromatic carbocycles. The van der Waals surface area contributed by atoms with Crippen molar-refractivity contribution >= 4 is 34.5 Å². The second kappa shape index (κ2) is 8.49. The van der Waals surface area contributed by atoms with Gasteiger partial charge in [0.15, 0.2) is 5.12 Å². The molecule has 1 amide bonds. The van der Waals surface area contributed by atoms with Crippen LogP contribution in [0.25, 0.3) is 0 Å². The van der Waals surface area contributed by atoms with Crippen molar-refractivity contribution in [2.24, 2.45) is 5.92 Å². The fraction of sp³-hybridized carbons (Fsp3) is 0.500. The number of carbonyl (C=O) groups is 2. The second-order valence-corrected chi connectivity index (χ2v) is 7.55. The van der Waals surface area contributed by atoms with Gasteiger partial charge in [-0.05, 0) is 11.5 Å². The molecule has 114 valence electrons. The van der Waals surface area contributed by atoms with Crippen molar-refractivity contribution < 1.29 is 9.59 Å². The molecule has 5 heteroatoms. The van der Waals surface area contributed by atoms with Crippen molar-refractivity contribution in [3.63, 3.8) is 0 Å². The molecule has 1 aliphatic rings. The van der Waals surface area contributed by atoms with Crippen LogP contribution in [-0.2, 0) is 15.3 Å². The van der Waals surface area contributed by atoms with Crippen LogP contribution < -0.4 is 0 Å². The molecule has 1 atom stereocenters. The maximum atomic E-state index is 11.9. The van der Waals surface area contributed by atoms with Crippen molar-refractivity contribution in [3.8, 4) is 0 Å². The average molecular weight is 323 g/mol. The molecule has 0 aromatic heterocycles. The van der Waals surface area contributed by atoms with Crippen LogP contribution in [0, 0.1) is 5.92 Å². The largest absolute Gasteiger partial charge is 0.342 e. The molecule has 3 nitrogen and oxygen atoms in total. The van der Waals surface area contributed by atoms with Crippen molar-refractivity contribution in [2.45, 2.75) is 19.1 Å². The highest BCUT2D eigenvalue weighted by Gasteiger charge is 2.29. The van der Waals surface area contributed by atoms with Crippen LogP contribution in [0.15, 0.2) is 30.3 Å². The van der Waals surface area contributed by atoms with Crippen molar-refractivity contribution in [1.82, 2.24) is 4.90 Å². The van der Waals surface area contributed by atoms with Gasteiger partial charge >= 0.3 is 0 Å². The molecule has 21 heavy (non-hydrogen) atoms. The zero-order valence-corrected chi connectivity index (χ0v) is 13.9. The van der Waals surface area contributed by atoms with E-state index in [-0.39, 0.29) is 11.0 Å². The monoisotopic (exact) mass is 323 g/mol. The predicted molar refractivity (Wildman–Crippen MR) is 90.4 cm³/mol. The molecule has 1 aliphatic heterocycles. The number of carbonyl (C=O) groups excluding carboxylic acids is 2. The molecule has 2 rings (SSSR count). The summed E-state index contributed by atoms with van der Waals surface area (Å²) >= 11 is 3.20. The van der Waals surface area contributed by atoms with Gasteiger partial charge in [0.1, 0.15) is 0 Å². The Labute approximate surface area is 134 Å². The highest BCUT2D eigenvalue weighted by Crippen LogP contribution is 2.23. The van der Waals surface area contributed by atoms with Gasteiger partial charge in [-0.2, -0.15) is 11.8 Å². The number of amides is 1. The van der Waals surface area contributed by atoms with Gasteiger partial charge in [-0.15, -0.1) is 0 Å². The Morgan fingerprint density at radius 3 is 2.81 bits per heavy atom. The van der Waals surface area contributed by atoms with E-state index in [0.717, 1.165) is 30.3 Å². The van der Waals surface area contributed by atoms with E-state index in [9.17, 15) is 9.59 Å². The molecule has 1 fully saturated rings. The molecule has 1 heterocycles. The fourth-order valence-corrected chi connectivity index (χ4v) is 3.97. The van der Waals surface area contributed by atoms with Crippen molar-refractivity contribution in [2.75, 3.05) is 24.6 Å². The van der Waals surface area contributed by atoms with E-state index < -0.39 is 0 Å². The van der Waals surface area contributed by atoms with Gasteiger partial charge < -0.3 is 4.90 Å². The Kier molecular flexibility index (Phi) is 6.64. The Bertz CT molecular complexity index is 478. The lowest BCUT2D eigenvalue weighted by molar-refractivity contribution is -0.127. The van der Waals surface area contributed by atoms with Crippen LogP contribution in [0.4, 0.5) is 0 Å². The lowest BCUT2D eigenvalue weighted by Gasteiger charge is -2.16. The zero-order chi connectivity index (χ0) is 15.1. The van der Waals surface area contributed by atoms with Crippen LogP contribution in [0.2, 0.25) is 0 Å². The molecule has 0 bridgehead atoms. The van der Waals surface area contributed by atoms with Gasteiger partial charge in [0.25, 0.3) is 0 Å². The van der Waals surface area contributed by atoms with Gasteiger partial charge in [-0.1, -0.05) is 42.1 Å². The minimum absolute atomic E-state index is 0.138. The highest BCUT2D eigenvalue weighted by molar-refractivity contribution is 8.13. The summed E-state index contributed by atoms with van der Waals surface area (Å²) in [5, 5.41) is 0.138. The number of likely N-dealkylation sites (tertiary alicyclic amines) is 1. The molecule has 0 saturated carbocycles. The normalized spacial score (nSPS) is 18.2. The highest BCUT2D eigenvalue weighted by atomic mass is 32.2. The van der Waals surface area contributed by atoms with Crippen LogP contribution >= 0.6 is 23.5 Å². The summed E-state index contributed by atoms with van der Waals surface area (Å²) in [6.45, 7) is 3.21. The van der Waals surface area contributed by atoms with Crippen molar-refractivity contribution in [3.05, 3.63) is 35.9 Å². The quantitative estimate of drug-likeness (QED) is 0.723. The number of benzene rings is 1. The van der Waals surface area contributed by atoms with E-state index in [0.29, 0.717) is 12.3 Å². The predicted octanol–water partition coefficient (Wildman–Crippen LogP) is 3.05. The van der Waals surface area contributed by atoms with Gasteiger partial charge in [-0.25, -0.2) is 0 Å². The van der Waals surface area contributed by atoms with E-state index in [1.807, 2.05) is 22.7 Å². The second-order valence-electron chi connectivity index (χ2n) is 5.25. The number of nitrogens with zero attached hydrogens (tertiary/aromatic N) is 1. The van der Waals surface area contributed by atoms with Crippen molar-refractivity contribution in [1.29, 1.82) is 0 Å².